The van der Waals surface area contributed by atoms with E-state index >= 15 is 0 Å². The van der Waals surface area contributed by atoms with Crippen molar-refractivity contribution in [2.24, 2.45) is 0 Å². The van der Waals surface area contributed by atoms with Crippen LogP contribution in [0.2, 0.25) is 0 Å². The number of hydrogen-bond acceptors (Lipinski definition) is 2. The van der Waals surface area contributed by atoms with Crippen LogP contribution >= 0.6 is 0 Å². The van der Waals surface area contributed by atoms with E-state index in [1.165, 1.54) is 0 Å². The molecule has 0 radical (unpaired) electrons. The van der Waals surface area contributed by atoms with Crippen LogP contribution in [-0.4, -0.2) is 13.1 Å². The molecule has 20 heavy (non-hydrogen) atoms. The molecule has 2 heteroatoms. The number of allylic oxidation sites excluding steroid dienone is 8. The van der Waals surface area contributed by atoms with Gasteiger partial charge in [0.25, 0.3) is 6.47 Å². The number of ether oxygens (including phenoxy) is 1. The maximum atomic E-state index is 9.90. The molecule has 0 bridgehead atoms. The summed E-state index contributed by atoms with van der Waals surface area (Å²) in [5, 5.41) is 0. The molecule has 0 amide bonds. The molecular formula is C18H28O2. The van der Waals surface area contributed by atoms with Gasteiger partial charge in [-0.3, -0.25) is 4.79 Å². The van der Waals surface area contributed by atoms with Gasteiger partial charge in [0.2, 0.25) is 0 Å². The van der Waals surface area contributed by atoms with Crippen molar-refractivity contribution in [2.75, 3.05) is 6.61 Å². The molecule has 0 saturated carbocycles. The lowest BCUT2D eigenvalue weighted by Crippen LogP contribution is -1.90. The van der Waals surface area contributed by atoms with Gasteiger partial charge >= 0.3 is 0 Å². The SMILES string of the molecule is CC/C=C\C/C=C\C/C=C\C/C=C\CCCCOC=O. The summed E-state index contributed by atoms with van der Waals surface area (Å²) in [6.07, 6.45) is 24.8. The van der Waals surface area contributed by atoms with Crippen LogP contribution in [0.5, 0.6) is 0 Å². The van der Waals surface area contributed by atoms with Crippen LogP contribution in [0.4, 0.5) is 0 Å². The Morgan fingerprint density at radius 1 is 0.750 bits per heavy atom. The molecule has 0 aliphatic carbocycles. The summed E-state index contributed by atoms with van der Waals surface area (Å²) >= 11 is 0. The lowest BCUT2D eigenvalue weighted by atomic mass is 10.2. The first-order chi connectivity index (χ1) is 9.91. The maximum Gasteiger partial charge on any atom is 0.293 e. The molecule has 0 unspecified atom stereocenters. The van der Waals surface area contributed by atoms with Gasteiger partial charge in [-0.15, -0.1) is 0 Å². The fourth-order valence-corrected chi connectivity index (χ4v) is 1.59. The van der Waals surface area contributed by atoms with Gasteiger partial charge < -0.3 is 4.74 Å². The Labute approximate surface area is 123 Å². The number of unbranched alkanes of at least 4 members (excludes halogenated alkanes) is 2. The van der Waals surface area contributed by atoms with Crippen molar-refractivity contribution in [3.8, 4) is 0 Å². The number of carbonyl (C=O) groups is 1. The lowest BCUT2D eigenvalue weighted by Gasteiger charge is -1.95. The van der Waals surface area contributed by atoms with Gasteiger partial charge in [-0.1, -0.05) is 55.5 Å². The fourth-order valence-electron chi connectivity index (χ4n) is 1.59. The predicted octanol–water partition coefficient (Wildman–Crippen LogP) is 5.13. The van der Waals surface area contributed by atoms with Gasteiger partial charge in [0.1, 0.15) is 0 Å². The second-order valence-corrected chi connectivity index (χ2v) is 4.46. The first-order valence-electron chi connectivity index (χ1n) is 7.57. The summed E-state index contributed by atoms with van der Waals surface area (Å²) in [4.78, 5) is 9.90. The normalized spacial score (nSPS) is 12.2. The third kappa shape index (κ3) is 16.4. The third-order valence-electron chi connectivity index (χ3n) is 2.67. The van der Waals surface area contributed by atoms with E-state index in [4.69, 9.17) is 0 Å². The average Bonchev–Trinajstić information content (AvgIpc) is 2.47. The maximum absolute atomic E-state index is 9.90. The van der Waals surface area contributed by atoms with Crippen LogP contribution in [0.3, 0.4) is 0 Å². The molecule has 0 aromatic heterocycles. The highest BCUT2D eigenvalue weighted by molar-refractivity contribution is 5.36. The van der Waals surface area contributed by atoms with Crippen LogP contribution in [0.1, 0.15) is 51.9 Å². The van der Waals surface area contributed by atoms with Crippen molar-refractivity contribution in [1.82, 2.24) is 0 Å². The molecule has 0 heterocycles. The highest BCUT2D eigenvalue weighted by Crippen LogP contribution is 1.99. The van der Waals surface area contributed by atoms with Crippen molar-refractivity contribution in [3.63, 3.8) is 0 Å². The molecule has 0 aliphatic heterocycles. The first kappa shape index (κ1) is 18.4. The molecule has 0 aromatic carbocycles. The summed E-state index contributed by atoms with van der Waals surface area (Å²) in [6, 6.07) is 0. The van der Waals surface area contributed by atoms with E-state index in [-0.39, 0.29) is 0 Å². The number of carbonyl (C=O) groups excluding carboxylic acids is 1. The Hall–Kier alpha value is -1.57. The summed E-state index contributed by atoms with van der Waals surface area (Å²) in [5.41, 5.74) is 0. The second-order valence-electron chi connectivity index (χ2n) is 4.46. The minimum absolute atomic E-state index is 0.509. The zero-order valence-electron chi connectivity index (χ0n) is 12.7. The van der Waals surface area contributed by atoms with Crippen molar-refractivity contribution >= 4 is 6.47 Å². The van der Waals surface area contributed by atoms with Crippen molar-refractivity contribution in [2.45, 2.75) is 51.9 Å². The van der Waals surface area contributed by atoms with Crippen LogP contribution < -0.4 is 0 Å². The highest BCUT2D eigenvalue weighted by atomic mass is 16.5. The van der Waals surface area contributed by atoms with Gasteiger partial charge in [-0.05, 0) is 44.9 Å². The topological polar surface area (TPSA) is 26.3 Å². The quantitative estimate of drug-likeness (QED) is 0.265. The van der Waals surface area contributed by atoms with Crippen LogP contribution in [0.15, 0.2) is 48.6 Å². The van der Waals surface area contributed by atoms with Crippen molar-refractivity contribution < 1.29 is 9.53 Å². The second kappa shape index (κ2) is 17.4. The van der Waals surface area contributed by atoms with Crippen molar-refractivity contribution in [1.29, 1.82) is 0 Å². The standard InChI is InChI=1S/C18H28O2/c1-2-3-4-5-6-7-8-9-10-11-12-13-14-15-16-17-20-18-19/h3-4,6-7,9-10,12-13,18H,2,5,8,11,14-17H2,1H3/b4-3-,7-6-,10-9-,13-12-. The van der Waals surface area contributed by atoms with E-state index in [9.17, 15) is 4.79 Å². The van der Waals surface area contributed by atoms with E-state index in [0.29, 0.717) is 13.1 Å². The molecule has 0 aliphatic rings. The Morgan fingerprint density at radius 2 is 1.30 bits per heavy atom. The van der Waals surface area contributed by atoms with Gasteiger partial charge in [-0.2, -0.15) is 0 Å². The zero-order valence-corrected chi connectivity index (χ0v) is 12.7. The van der Waals surface area contributed by atoms with E-state index in [2.05, 4.69) is 60.3 Å². The number of hydrogen-bond donors (Lipinski definition) is 0. The number of rotatable bonds is 13. The molecule has 0 atom stereocenters. The smallest absolute Gasteiger partial charge is 0.293 e. The molecule has 0 rings (SSSR count). The minimum Gasteiger partial charge on any atom is -0.468 e. The average molecular weight is 276 g/mol. The lowest BCUT2D eigenvalue weighted by molar-refractivity contribution is -0.128. The highest BCUT2D eigenvalue weighted by Gasteiger charge is 1.85. The van der Waals surface area contributed by atoms with Gasteiger partial charge in [0.15, 0.2) is 0 Å². The Morgan fingerprint density at radius 3 is 1.85 bits per heavy atom. The molecular weight excluding hydrogens is 248 g/mol. The molecule has 2 nitrogen and oxygen atoms in total. The molecule has 112 valence electrons. The van der Waals surface area contributed by atoms with Gasteiger partial charge in [0.05, 0.1) is 6.61 Å². The van der Waals surface area contributed by atoms with Gasteiger partial charge in [0, 0.05) is 0 Å². The third-order valence-corrected chi connectivity index (χ3v) is 2.67. The Bertz CT molecular complexity index is 311. The summed E-state index contributed by atoms with van der Waals surface area (Å²) in [5.74, 6) is 0. The van der Waals surface area contributed by atoms with E-state index in [1.54, 1.807) is 0 Å². The van der Waals surface area contributed by atoms with Crippen LogP contribution in [-0.2, 0) is 9.53 Å². The fraction of sp³-hybridized carbons (Fsp3) is 0.500. The van der Waals surface area contributed by atoms with Gasteiger partial charge in [-0.25, -0.2) is 0 Å². The van der Waals surface area contributed by atoms with Crippen molar-refractivity contribution in [3.05, 3.63) is 48.6 Å². The molecule has 0 N–H and O–H groups in total. The Kier molecular flexibility index (Phi) is 16.1. The minimum atomic E-state index is 0.509. The Balaban J connectivity index is 3.33. The van der Waals surface area contributed by atoms with E-state index in [0.717, 1.165) is 44.9 Å². The van der Waals surface area contributed by atoms with E-state index in [1.807, 2.05) is 0 Å². The molecule has 0 spiro atoms. The summed E-state index contributed by atoms with van der Waals surface area (Å²) in [7, 11) is 0. The zero-order chi connectivity index (χ0) is 14.7. The molecule has 0 aromatic rings. The summed E-state index contributed by atoms with van der Waals surface area (Å²) < 4.78 is 4.62. The monoisotopic (exact) mass is 276 g/mol. The summed E-state index contributed by atoms with van der Waals surface area (Å²) in [6.45, 7) is 3.20. The van der Waals surface area contributed by atoms with E-state index < -0.39 is 0 Å². The van der Waals surface area contributed by atoms with Crippen LogP contribution in [0, 0.1) is 0 Å². The predicted molar refractivity (Wildman–Crippen MR) is 86.6 cm³/mol. The molecule has 0 saturated heterocycles. The first-order valence-corrected chi connectivity index (χ1v) is 7.57. The molecule has 0 fully saturated rings. The van der Waals surface area contributed by atoms with Crippen LogP contribution in [0.25, 0.3) is 0 Å². The largest absolute Gasteiger partial charge is 0.468 e.